The molecule has 4 aromatic heterocycles. The Morgan fingerprint density at radius 1 is 0.861 bits per heavy atom. The first-order chi connectivity index (χ1) is 17.7. The number of thiophene rings is 2. The molecule has 6 nitrogen and oxygen atoms in total. The number of rotatable bonds is 6. The second kappa shape index (κ2) is 8.82. The predicted molar refractivity (Wildman–Crippen MR) is 155 cm³/mol. The summed E-state index contributed by atoms with van der Waals surface area (Å²) in [5.41, 5.74) is 8.32. The lowest BCUT2D eigenvalue weighted by molar-refractivity contribution is 0.569. The Kier molecular flexibility index (Phi) is 5.44. The van der Waals surface area contributed by atoms with Crippen LogP contribution in [0.4, 0.5) is 0 Å². The minimum absolute atomic E-state index is 0.0563. The summed E-state index contributed by atoms with van der Waals surface area (Å²) in [6.07, 6.45) is 3.68. The molecule has 2 aromatic carbocycles. The fourth-order valence-electron chi connectivity index (χ4n) is 4.91. The van der Waals surface area contributed by atoms with E-state index in [0.717, 1.165) is 58.0 Å². The highest BCUT2D eigenvalue weighted by Gasteiger charge is 2.22. The molecule has 1 aliphatic carbocycles. The normalized spacial score (nSPS) is 13.3. The number of hydrogen-bond donors (Lipinski definition) is 2. The van der Waals surface area contributed by atoms with Gasteiger partial charge >= 0.3 is 0 Å². The van der Waals surface area contributed by atoms with Crippen molar-refractivity contribution >= 4 is 83.2 Å². The van der Waals surface area contributed by atoms with E-state index in [9.17, 15) is 9.59 Å². The Bertz CT molecular complexity index is 1780. The van der Waals surface area contributed by atoms with Crippen LogP contribution < -0.4 is 11.1 Å². The van der Waals surface area contributed by atoms with E-state index in [0.29, 0.717) is 0 Å². The SMILES string of the molecule is O=CPc1ncc(-c2cc3sc(-c4ccc5c6c(ccc5c4)-c4nc(PC=O)[nH]c4CC6)cc3s2)[nH]1. The minimum Gasteiger partial charge on any atom is -0.341 e. The molecule has 4 heterocycles. The third kappa shape index (κ3) is 3.68. The second-order valence-corrected chi connectivity index (χ2v) is 12.7. The maximum absolute atomic E-state index is 10.9. The zero-order chi connectivity index (χ0) is 24.2. The van der Waals surface area contributed by atoms with Crippen LogP contribution in [0.5, 0.6) is 0 Å². The number of aromatic nitrogens is 4. The molecule has 1 aliphatic rings. The summed E-state index contributed by atoms with van der Waals surface area (Å²) in [4.78, 5) is 39.7. The van der Waals surface area contributed by atoms with Gasteiger partial charge in [-0.15, -0.1) is 22.7 Å². The van der Waals surface area contributed by atoms with Gasteiger partial charge in [0.15, 0.2) is 0 Å². The molecule has 2 N–H and O–H groups in total. The van der Waals surface area contributed by atoms with Gasteiger partial charge in [0.2, 0.25) is 0 Å². The van der Waals surface area contributed by atoms with E-state index >= 15 is 0 Å². The molecule has 0 spiro atoms. The first-order valence-corrected chi connectivity index (χ1v) is 15.1. The van der Waals surface area contributed by atoms with Gasteiger partial charge in [0.1, 0.15) is 23.2 Å². The van der Waals surface area contributed by atoms with Gasteiger partial charge in [0.25, 0.3) is 0 Å². The molecule has 0 bridgehead atoms. The highest BCUT2D eigenvalue weighted by atomic mass is 32.1. The summed E-state index contributed by atoms with van der Waals surface area (Å²) in [5, 5.41) is 2.51. The van der Waals surface area contributed by atoms with Crippen molar-refractivity contribution < 1.29 is 9.59 Å². The van der Waals surface area contributed by atoms with E-state index in [1.807, 2.05) is 6.20 Å². The fourth-order valence-corrected chi connectivity index (χ4v) is 8.24. The first kappa shape index (κ1) is 22.2. The van der Waals surface area contributed by atoms with Crippen molar-refractivity contribution in [3.63, 3.8) is 0 Å². The highest BCUT2D eigenvalue weighted by molar-refractivity contribution is 7.62. The summed E-state index contributed by atoms with van der Waals surface area (Å²) in [5.74, 6) is 0. The zero-order valence-electron chi connectivity index (χ0n) is 18.7. The number of fused-ring (bicyclic) bond motifs is 6. The van der Waals surface area contributed by atoms with Crippen LogP contribution >= 0.6 is 39.8 Å². The van der Waals surface area contributed by atoms with Gasteiger partial charge in [-0.1, -0.05) is 24.3 Å². The molecule has 6 aromatic rings. The Hall–Kier alpha value is -3.02. The van der Waals surface area contributed by atoms with Gasteiger partial charge in [-0.05, 0) is 52.9 Å². The molecule has 0 radical (unpaired) electrons. The number of aromatic amines is 2. The molecule has 2 atom stereocenters. The van der Waals surface area contributed by atoms with Gasteiger partial charge in [-0.3, -0.25) is 9.59 Å². The number of nitrogens with one attached hydrogen (secondary N) is 2. The number of aryl methyl sites for hydroxylation is 2. The Balaban J connectivity index is 1.23. The van der Waals surface area contributed by atoms with Crippen LogP contribution in [0.15, 0.2) is 48.7 Å². The van der Waals surface area contributed by atoms with Crippen LogP contribution in [0.2, 0.25) is 0 Å². The molecule has 10 heteroatoms. The zero-order valence-corrected chi connectivity index (χ0v) is 22.3. The van der Waals surface area contributed by atoms with Gasteiger partial charge in [0.05, 0.1) is 22.5 Å². The second-order valence-electron chi connectivity index (χ2n) is 8.56. The number of imidazole rings is 2. The molecule has 7 rings (SSSR count). The van der Waals surface area contributed by atoms with Crippen LogP contribution in [0.3, 0.4) is 0 Å². The van der Waals surface area contributed by atoms with Crippen LogP contribution in [0, 0.1) is 0 Å². The quantitative estimate of drug-likeness (QED) is 0.209. The van der Waals surface area contributed by atoms with E-state index in [1.165, 1.54) is 41.7 Å². The average molecular weight is 545 g/mol. The van der Waals surface area contributed by atoms with Crippen LogP contribution in [0.1, 0.15) is 11.3 Å². The number of nitrogens with zero attached hydrogens (tertiary/aromatic N) is 2. The standard InChI is InChI=1S/C26H18N4O2P2S2/c31-11-33-25-27-10-19(29-25)21-9-23-22(36-21)8-20(35-23)14-2-3-15-13(7-14)1-4-17-16(15)5-6-18-24(17)30-26(28-18)34-12-32/h1-4,7-12,33-34H,5-6H2,(H,27,29)(H,28,30). The molecule has 0 amide bonds. The average Bonchev–Trinajstić information content (AvgIpc) is 3.66. The van der Waals surface area contributed by atoms with Gasteiger partial charge in [-0.25, -0.2) is 9.97 Å². The summed E-state index contributed by atoms with van der Waals surface area (Å²) in [7, 11) is 0.122. The van der Waals surface area contributed by atoms with Crippen LogP contribution in [-0.2, 0) is 22.4 Å². The van der Waals surface area contributed by atoms with E-state index in [-0.39, 0.29) is 17.2 Å². The molecule has 0 saturated heterocycles. The lowest BCUT2D eigenvalue weighted by Gasteiger charge is -2.18. The maximum Gasteiger partial charge on any atom is 0.146 e. The molecular weight excluding hydrogens is 526 g/mol. The minimum atomic E-state index is 0.0563. The van der Waals surface area contributed by atoms with Crippen LogP contribution in [-0.4, -0.2) is 32.0 Å². The van der Waals surface area contributed by atoms with E-state index in [2.05, 4.69) is 57.4 Å². The molecule has 2 unspecified atom stereocenters. The lowest BCUT2D eigenvalue weighted by Crippen LogP contribution is -2.04. The summed E-state index contributed by atoms with van der Waals surface area (Å²) >= 11 is 3.54. The highest BCUT2D eigenvalue weighted by Crippen LogP contribution is 2.43. The van der Waals surface area contributed by atoms with Crippen LogP contribution in [0.25, 0.3) is 52.4 Å². The van der Waals surface area contributed by atoms with Gasteiger partial charge in [0, 0.05) is 42.7 Å². The summed E-state index contributed by atoms with van der Waals surface area (Å²) in [6.45, 7) is 0. The van der Waals surface area contributed by atoms with Crippen molar-refractivity contribution in [1.82, 2.24) is 19.9 Å². The lowest BCUT2D eigenvalue weighted by atomic mass is 9.88. The number of carbonyl (C=O) groups is 2. The van der Waals surface area contributed by atoms with Gasteiger partial charge in [-0.2, -0.15) is 0 Å². The Labute approximate surface area is 217 Å². The number of hydrogen-bond acceptors (Lipinski definition) is 6. The molecule has 36 heavy (non-hydrogen) atoms. The molecule has 176 valence electrons. The van der Waals surface area contributed by atoms with E-state index in [4.69, 9.17) is 4.98 Å². The van der Waals surface area contributed by atoms with Crippen molar-refractivity contribution in [3.8, 4) is 32.3 Å². The maximum atomic E-state index is 10.9. The monoisotopic (exact) mass is 544 g/mol. The Morgan fingerprint density at radius 2 is 1.67 bits per heavy atom. The van der Waals surface area contributed by atoms with Gasteiger partial charge < -0.3 is 9.97 Å². The van der Waals surface area contributed by atoms with Crippen molar-refractivity contribution in [2.75, 3.05) is 0 Å². The third-order valence-corrected chi connectivity index (χ3v) is 10.2. The largest absolute Gasteiger partial charge is 0.341 e. The first-order valence-electron chi connectivity index (χ1n) is 11.3. The molecular formula is C26H18N4O2P2S2. The predicted octanol–water partition coefficient (Wildman–Crippen LogP) is 5.65. The number of carbonyl (C=O) groups excluding carboxylic acids is 2. The number of H-pyrrole nitrogens is 2. The van der Waals surface area contributed by atoms with Crippen molar-refractivity contribution in [3.05, 3.63) is 59.9 Å². The van der Waals surface area contributed by atoms with Crippen molar-refractivity contribution in [2.24, 2.45) is 0 Å². The smallest absolute Gasteiger partial charge is 0.146 e. The van der Waals surface area contributed by atoms with Crippen molar-refractivity contribution in [1.29, 1.82) is 0 Å². The molecule has 0 fully saturated rings. The third-order valence-electron chi connectivity index (χ3n) is 6.51. The topological polar surface area (TPSA) is 91.5 Å². The molecule has 0 aliphatic heterocycles. The van der Waals surface area contributed by atoms with E-state index in [1.54, 1.807) is 22.7 Å². The molecule has 0 saturated carbocycles. The summed E-state index contributed by atoms with van der Waals surface area (Å²) < 4.78 is 2.50. The fraction of sp³-hybridized carbons (Fsp3) is 0.0769. The van der Waals surface area contributed by atoms with E-state index < -0.39 is 0 Å². The summed E-state index contributed by atoms with van der Waals surface area (Å²) in [6, 6.07) is 17.4. The Morgan fingerprint density at radius 3 is 2.53 bits per heavy atom. The van der Waals surface area contributed by atoms with Crippen molar-refractivity contribution in [2.45, 2.75) is 12.8 Å². The number of benzene rings is 2.